The van der Waals surface area contributed by atoms with Gasteiger partial charge < -0.3 is 21.1 Å². The second-order valence-electron chi connectivity index (χ2n) is 10.1. The van der Waals surface area contributed by atoms with E-state index in [1.54, 1.807) is 19.1 Å². The van der Waals surface area contributed by atoms with Crippen LogP contribution in [0.1, 0.15) is 51.7 Å². The molecule has 3 rings (SSSR count). The average Bonchev–Trinajstić information content (AvgIpc) is 2.95. The van der Waals surface area contributed by atoms with Crippen LogP contribution in [-0.4, -0.2) is 63.2 Å². The number of amides is 2. The van der Waals surface area contributed by atoms with E-state index in [4.69, 9.17) is 0 Å². The number of aliphatic carboxylic acids is 1. The third-order valence-electron chi connectivity index (χ3n) is 6.72. The van der Waals surface area contributed by atoms with E-state index in [0.717, 1.165) is 16.1 Å². The van der Waals surface area contributed by atoms with Gasteiger partial charge in [0.05, 0.1) is 18.0 Å². The number of nitrogens with zero attached hydrogens (tertiary/aromatic N) is 1. The first-order chi connectivity index (χ1) is 19.7. The molecule has 42 heavy (non-hydrogen) atoms. The van der Waals surface area contributed by atoms with Crippen molar-refractivity contribution in [2.45, 2.75) is 38.4 Å². The van der Waals surface area contributed by atoms with Gasteiger partial charge in [0.1, 0.15) is 11.9 Å². The number of sulfonamides is 1. The highest BCUT2D eigenvalue weighted by molar-refractivity contribution is 7.92. The Kier molecular flexibility index (Phi) is 10.8. The van der Waals surface area contributed by atoms with Crippen molar-refractivity contribution in [1.82, 2.24) is 16.0 Å². The molecule has 3 aromatic carbocycles. The first kappa shape index (κ1) is 32.2. The largest absolute Gasteiger partial charge is 0.480 e. The van der Waals surface area contributed by atoms with Crippen LogP contribution in [0.4, 0.5) is 10.1 Å². The van der Waals surface area contributed by atoms with Crippen LogP contribution in [0.3, 0.4) is 0 Å². The molecule has 0 fully saturated rings. The molecule has 0 aliphatic rings. The van der Waals surface area contributed by atoms with Crippen LogP contribution < -0.4 is 20.3 Å². The number of rotatable bonds is 13. The lowest BCUT2D eigenvalue weighted by molar-refractivity contribution is -0.139. The summed E-state index contributed by atoms with van der Waals surface area (Å²) < 4.78 is 38.9. The molecule has 0 bridgehead atoms. The van der Waals surface area contributed by atoms with Gasteiger partial charge in [-0.3, -0.25) is 18.7 Å². The standard InChI is InChI=1S/C30H35FN4O6S/c1-19(22-10-12-25(31)13-11-22)33-28(36)23-15-24(17-27(16-23)35(3)42(4,40)41)29(37)34-26(18-32-20(2)30(38)39)14-21-8-6-5-7-9-21/h5-13,15-17,19-20,26,32H,14,18H2,1-4H3,(H,33,36)(H,34,37)(H,38,39)/t19-,20+,26+/m1/s1. The van der Waals surface area contributed by atoms with Gasteiger partial charge in [0, 0.05) is 30.8 Å². The summed E-state index contributed by atoms with van der Waals surface area (Å²) in [6.45, 7) is 3.34. The number of carbonyl (C=O) groups excluding carboxylic acids is 2. The fraction of sp³-hybridized carbons (Fsp3) is 0.300. The zero-order valence-electron chi connectivity index (χ0n) is 23.8. The quantitative estimate of drug-likeness (QED) is 0.237. The molecule has 0 aromatic heterocycles. The Morgan fingerprint density at radius 2 is 1.48 bits per heavy atom. The van der Waals surface area contributed by atoms with E-state index >= 15 is 0 Å². The van der Waals surface area contributed by atoms with Crippen molar-refractivity contribution in [3.05, 3.63) is 101 Å². The van der Waals surface area contributed by atoms with E-state index in [-0.39, 0.29) is 23.4 Å². The van der Waals surface area contributed by atoms with Crippen LogP contribution >= 0.6 is 0 Å². The van der Waals surface area contributed by atoms with Gasteiger partial charge in [-0.2, -0.15) is 0 Å². The van der Waals surface area contributed by atoms with Crippen molar-refractivity contribution in [3.8, 4) is 0 Å². The first-order valence-electron chi connectivity index (χ1n) is 13.2. The van der Waals surface area contributed by atoms with Gasteiger partial charge >= 0.3 is 5.97 Å². The molecule has 0 saturated carbocycles. The second-order valence-corrected chi connectivity index (χ2v) is 12.1. The summed E-state index contributed by atoms with van der Waals surface area (Å²) in [6, 6.07) is 17.1. The summed E-state index contributed by atoms with van der Waals surface area (Å²) in [6.07, 6.45) is 1.39. The minimum atomic E-state index is -3.73. The van der Waals surface area contributed by atoms with Gasteiger partial charge in [-0.15, -0.1) is 0 Å². The Morgan fingerprint density at radius 3 is 2.02 bits per heavy atom. The Bertz CT molecular complexity index is 1520. The third kappa shape index (κ3) is 9.11. The lowest BCUT2D eigenvalue weighted by atomic mass is 10.0. The SMILES string of the molecule is C[C@H](NC[C@H](Cc1ccccc1)NC(=O)c1cc(C(=O)N[C@H](C)c2ccc(F)cc2)cc(N(C)S(C)(=O)=O)c1)C(=O)O. The summed E-state index contributed by atoms with van der Waals surface area (Å²) in [5, 5.41) is 17.8. The normalized spacial score (nSPS) is 13.5. The van der Waals surface area contributed by atoms with Crippen molar-refractivity contribution in [1.29, 1.82) is 0 Å². The van der Waals surface area contributed by atoms with Crippen LogP contribution in [0.15, 0.2) is 72.8 Å². The Hall–Kier alpha value is -4.29. The van der Waals surface area contributed by atoms with Crippen molar-refractivity contribution in [2.24, 2.45) is 0 Å². The maximum Gasteiger partial charge on any atom is 0.320 e. The minimum absolute atomic E-state index is 0.0342. The molecule has 0 saturated heterocycles. The molecule has 12 heteroatoms. The van der Waals surface area contributed by atoms with Crippen molar-refractivity contribution in [3.63, 3.8) is 0 Å². The number of nitrogens with one attached hydrogen (secondary N) is 3. The van der Waals surface area contributed by atoms with Gasteiger partial charge in [-0.05, 0) is 61.7 Å². The third-order valence-corrected chi connectivity index (χ3v) is 7.93. The molecule has 0 radical (unpaired) electrons. The fourth-order valence-corrected chi connectivity index (χ4v) is 4.60. The zero-order chi connectivity index (χ0) is 31.0. The van der Waals surface area contributed by atoms with Gasteiger partial charge in [0.15, 0.2) is 0 Å². The predicted octanol–water partition coefficient (Wildman–Crippen LogP) is 3.12. The molecule has 0 aliphatic carbocycles. The first-order valence-corrected chi connectivity index (χ1v) is 15.1. The van der Waals surface area contributed by atoms with Crippen molar-refractivity contribution in [2.75, 3.05) is 24.2 Å². The van der Waals surface area contributed by atoms with E-state index in [1.165, 1.54) is 44.3 Å². The smallest absolute Gasteiger partial charge is 0.320 e. The number of carbonyl (C=O) groups is 3. The highest BCUT2D eigenvalue weighted by atomic mass is 32.2. The van der Waals surface area contributed by atoms with Crippen LogP contribution in [0.5, 0.6) is 0 Å². The van der Waals surface area contributed by atoms with E-state index in [2.05, 4.69) is 16.0 Å². The minimum Gasteiger partial charge on any atom is -0.480 e. The molecule has 2 amide bonds. The van der Waals surface area contributed by atoms with Crippen LogP contribution in [0.2, 0.25) is 0 Å². The van der Waals surface area contributed by atoms with Crippen molar-refractivity contribution >= 4 is 33.5 Å². The molecule has 0 heterocycles. The monoisotopic (exact) mass is 598 g/mol. The molecule has 0 aliphatic heterocycles. The van der Waals surface area contributed by atoms with Gasteiger partial charge in [0.25, 0.3) is 11.8 Å². The lowest BCUT2D eigenvalue weighted by Gasteiger charge is -2.23. The number of benzene rings is 3. The molecule has 3 aromatic rings. The number of halogens is 1. The Balaban J connectivity index is 1.91. The molecule has 0 spiro atoms. The highest BCUT2D eigenvalue weighted by Crippen LogP contribution is 2.22. The van der Waals surface area contributed by atoms with Crippen molar-refractivity contribution < 1.29 is 32.3 Å². The molecular weight excluding hydrogens is 563 g/mol. The van der Waals surface area contributed by atoms with Crippen LogP contribution in [0, 0.1) is 5.82 Å². The summed E-state index contributed by atoms with van der Waals surface area (Å²) in [5.74, 6) is -2.60. The van der Waals surface area contributed by atoms with E-state index < -0.39 is 51.7 Å². The second kappa shape index (κ2) is 14.1. The molecule has 10 nitrogen and oxygen atoms in total. The topological polar surface area (TPSA) is 145 Å². The van der Waals surface area contributed by atoms with Gasteiger partial charge in [0.2, 0.25) is 10.0 Å². The summed E-state index contributed by atoms with van der Waals surface area (Å²) in [4.78, 5) is 38.1. The summed E-state index contributed by atoms with van der Waals surface area (Å²) in [5.41, 5.74) is 1.74. The fourth-order valence-electron chi connectivity index (χ4n) is 4.11. The molecule has 3 atom stereocenters. The van der Waals surface area contributed by atoms with Crippen LogP contribution in [0.25, 0.3) is 0 Å². The maximum atomic E-state index is 13.5. The highest BCUT2D eigenvalue weighted by Gasteiger charge is 2.22. The maximum absolute atomic E-state index is 13.5. The number of anilines is 1. The predicted molar refractivity (Wildman–Crippen MR) is 158 cm³/mol. The Morgan fingerprint density at radius 1 is 0.905 bits per heavy atom. The molecular formula is C30H35FN4O6S. The lowest BCUT2D eigenvalue weighted by Crippen LogP contribution is -2.47. The zero-order valence-corrected chi connectivity index (χ0v) is 24.6. The average molecular weight is 599 g/mol. The summed E-state index contributed by atoms with van der Waals surface area (Å²) >= 11 is 0. The molecule has 4 N–H and O–H groups in total. The van der Waals surface area contributed by atoms with E-state index in [1.807, 2.05) is 30.3 Å². The number of hydrogen-bond acceptors (Lipinski definition) is 6. The number of carboxylic acids is 1. The number of carboxylic acid groups (broad SMARTS) is 1. The Labute approximate surface area is 245 Å². The van der Waals surface area contributed by atoms with Gasteiger partial charge in [-0.1, -0.05) is 42.5 Å². The summed E-state index contributed by atoms with van der Waals surface area (Å²) in [7, 11) is -2.42. The number of hydrogen-bond donors (Lipinski definition) is 4. The van der Waals surface area contributed by atoms with E-state index in [9.17, 15) is 32.3 Å². The van der Waals surface area contributed by atoms with Crippen LogP contribution in [-0.2, 0) is 21.2 Å². The molecule has 224 valence electrons. The molecule has 0 unspecified atom stereocenters. The van der Waals surface area contributed by atoms with Gasteiger partial charge in [-0.25, -0.2) is 12.8 Å². The van der Waals surface area contributed by atoms with E-state index in [0.29, 0.717) is 12.0 Å².